The first-order valence-corrected chi connectivity index (χ1v) is 10.9. The zero-order valence-electron chi connectivity index (χ0n) is 12.8. The summed E-state index contributed by atoms with van der Waals surface area (Å²) in [6.07, 6.45) is 5.06. The predicted octanol–water partition coefficient (Wildman–Crippen LogP) is 2.81. The number of hydrogen-bond acceptors (Lipinski definition) is 5. The molecule has 1 aromatic heterocycles. The van der Waals surface area contributed by atoms with E-state index in [4.69, 9.17) is 0 Å². The van der Waals surface area contributed by atoms with Crippen LogP contribution in [-0.4, -0.2) is 32.0 Å². The Morgan fingerprint density at radius 3 is 2.81 bits per heavy atom. The van der Waals surface area contributed by atoms with Gasteiger partial charge >= 0.3 is 0 Å². The normalized spacial score (nSPS) is 23.0. The van der Waals surface area contributed by atoms with Gasteiger partial charge in [0, 0.05) is 28.8 Å². The summed E-state index contributed by atoms with van der Waals surface area (Å²) in [6, 6.07) is 2.14. The number of sulfonamides is 1. The third-order valence-electron chi connectivity index (χ3n) is 3.70. The maximum Gasteiger partial charge on any atom is 0.241 e. The Morgan fingerprint density at radius 1 is 1.43 bits per heavy atom. The van der Waals surface area contributed by atoms with Crippen LogP contribution in [-0.2, 0) is 16.6 Å². The van der Waals surface area contributed by atoms with E-state index in [1.165, 1.54) is 11.3 Å². The van der Waals surface area contributed by atoms with Crippen molar-refractivity contribution in [3.05, 3.63) is 16.3 Å². The molecule has 0 radical (unpaired) electrons. The summed E-state index contributed by atoms with van der Waals surface area (Å²) in [5.41, 5.74) is 0. The van der Waals surface area contributed by atoms with Gasteiger partial charge in [0.1, 0.15) is 0 Å². The van der Waals surface area contributed by atoms with E-state index in [0.717, 1.165) is 24.1 Å². The van der Waals surface area contributed by atoms with Crippen LogP contribution in [0.5, 0.6) is 0 Å². The fraction of sp³-hybridized carbons (Fsp3) is 0.714. The Bertz CT molecular complexity index is 554. The maximum absolute atomic E-state index is 12.6. The van der Waals surface area contributed by atoms with Gasteiger partial charge in [0.15, 0.2) is 0 Å². The lowest BCUT2D eigenvalue weighted by Crippen LogP contribution is -2.33. The Morgan fingerprint density at radius 2 is 2.19 bits per heavy atom. The van der Waals surface area contributed by atoms with Gasteiger partial charge in [-0.3, -0.25) is 0 Å². The molecule has 0 aliphatic heterocycles. The van der Waals surface area contributed by atoms with Crippen LogP contribution >= 0.6 is 23.1 Å². The van der Waals surface area contributed by atoms with E-state index < -0.39 is 10.0 Å². The van der Waals surface area contributed by atoms with E-state index in [1.807, 2.05) is 17.1 Å². The van der Waals surface area contributed by atoms with Crippen LogP contribution in [0.25, 0.3) is 0 Å². The van der Waals surface area contributed by atoms with Crippen molar-refractivity contribution in [1.82, 2.24) is 10.0 Å². The van der Waals surface area contributed by atoms with Gasteiger partial charge in [-0.2, -0.15) is 11.8 Å². The van der Waals surface area contributed by atoms with Crippen LogP contribution in [0.3, 0.4) is 0 Å². The molecule has 1 saturated carbocycles. The molecule has 1 aliphatic carbocycles. The maximum atomic E-state index is 12.6. The Balaban J connectivity index is 2.04. The van der Waals surface area contributed by atoms with E-state index in [2.05, 4.69) is 30.1 Å². The van der Waals surface area contributed by atoms with Crippen molar-refractivity contribution >= 4 is 33.1 Å². The fourth-order valence-electron chi connectivity index (χ4n) is 2.54. The van der Waals surface area contributed by atoms with Crippen molar-refractivity contribution in [2.75, 3.05) is 6.26 Å². The molecule has 0 aromatic carbocycles. The number of thiophene rings is 1. The Kier molecular flexibility index (Phi) is 6.14. The first-order chi connectivity index (χ1) is 9.92. The van der Waals surface area contributed by atoms with Crippen LogP contribution in [0.1, 0.15) is 38.0 Å². The van der Waals surface area contributed by atoms with Gasteiger partial charge in [-0.05, 0) is 37.0 Å². The van der Waals surface area contributed by atoms with Crippen LogP contribution < -0.4 is 10.0 Å². The van der Waals surface area contributed by atoms with Crippen molar-refractivity contribution in [3.8, 4) is 0 Å². The van der Waals surface area contributed by atoms with E-state index in [9.17, 15) is 8.42 Å². The molecule has 2 atom stereocenters. The Hall–Kier alpha value is -0.0800. The highest BCUT2D eigenvalue weighted by Crippen LogP contribution is 2.30. The van der Waals surface area contributed by atoms with Crippen LogP contribution in [0.4, 0.5) is 0 Å². The molecule has 7 heteroatoms. The number of nitrogens with one attached hydrogen (secondary N) is 2. The largest absolute Gasteiger partial charge is 0.310 e. The lowest BCUT2D eigenvalue weighted by atomic mass is 10.3. The number of thioether (sulfide) groups is 1. The molecule has 2 N–H and O–H groups in total. The molecule has 0 saturated heterocycles. The molecule has 120 valence electrons. The van der Waals surface area contributed by atoms with Gasteiger partial charge in [-0.1, -0.05) is 13.8 Å². The lowest BCUT2D eigenvalue weighted by Gasteiger charge is -2.14. The zero-order valence-corrected chi connectivity index (χ0v) is 15.2. The van der Waals surface area contributed by atoms with Gasteiger partial charge in [-0.15, -0.1) is 11.3 Å². The first kappa shape index (κ1) is 17.3. The quantitative estimate of drug-likeness (QED) is 0.795. The minimum atomic E-state index is -3.40. The molecule has 4 nitrogen and oxygen atoms in total. The standard InChI is InChI=1S/C14H24N2O2S3/c1-10(2)15-9-13-14(6-7-20-13)21(17,18)16-11-4-5-12(8-11)19-3/h6-7,10-12,15-16H,4-5,8-9H2,1-3H3. The van der Waals surface area contributed by atoms with E-state index in [1.54, 1.807) is 6.07 Å². The second kappa shape index (κ2) is 7.46. The van der Waals surface area contributed by atoms with Crippen molar-refractivity contribution < 1.29 is 8.42 Å². The van der Waals surface area contributed by atoms with E-state index >= 15 is 0 Å². The monoisotopic (exact) mass is 348 g/mol. The second-order valence-electron chi connectivity index (χ2n) is 5.73. The van der Waals surface area contributed by atoms with Crippen molar-refractivity contribution in [2.45, 2.75) is 61.9 Å². The zero-order chi connectivity index (χ0) is 15.5. The highest BCUT2D eigenvalue weighted by Gasteiger charge is 2.29. The first-order valence-electron chi connectivity index (χ1n) is 7.27. The van der Waals surface area contributed by atoms with Crippen molar-refractivity contribution in [2.24, 2.45) is 0 Å². The molecule has 21 heavy (non-hydrogen) atoms. The summed E-state index contributed by atoms with van der Waals surface area (Å²) in [7, 11) is -3.40. The van der Waals surface area contributed by atoms with Crippen molar-refractivity contribution in [3.63, 3.8) is 0 Å². The summed E-state index contributed by atoms with van der Waals surface area (Å²) >= 11 is 3.33. The Labute approximate surface area is 136 Å². The van der Waals surface area contributed by atoms with Crippen molar-refractivity contribution in [1.29, 1.82) is 0 Å². The molecule has 1 aromatic rings. The highest BCUT2D eigenvalue weighted by atomic mass is 32.2. The van der Waals surface area contributed by atoms with Gasteiger partial charge in [0.25, 0.3) is 0 Å². The summed E-state index contributed by atoms with van der Waals surface area (Å²) in [5.74, 6) is 0. The second-order valence-corrected chi connectivity index (χ2v) is 9.55. The molecule has 1 aliphatic rings. The SMILES string of the molecule is CSC1CCC(NS(=O)(=O)c2ccsc2CNC(C)C)C1. The molecular weight excluding hydrogens is 324 g/mol. The van der Waals surface area contributed by atoms with Crippen LogP contribution in [0, 0.1) is 0 Å². The highest BCUT2D eigenvalue weighted by molar-refractivity contribution is 7.99. The summed E-state index contributed by atoms with van der Waals surface area (Å²) in [4.78, 5) is 1.32. The van der Waals surface area contributed by atoms with Crippen LogP contribution in [0.2, 0.25) is 0 Å². The molecule has 0 spiro atoms. The van der Waals surface area contributed by atoms with E-state index in [-0.39, 0.29) is 6.04 Å². The summed E-state index contributed by atoms with van der Waals surface area (Å²) in [5, 5.41) is 5.72. The molecule has 1 fully saturated rings. The molecule has 0 amide bonds. The molecular formula is C14H24N2O2S3. The molecule has 2 unspecified atom stereocenters. The smallest absolute Gasteiger partial charge is 0.241 e. The third-order valence-corrected chi connectivity index (χ3v) is 7.45. The van der Waals surface area contributed by atoms with Gasteiger partial charge in [-0.25, -0.2) is 13.1 Å². The molecule has 1 heterocycles. The lowest BCUT2D eigenvalue weighted by molar-refractivity contribution is 0.548. The minimum Gasteiger partial charge on any atom is -0.310 e. The van der Waals surface area contributed by atoms with Gasteiger partial charge in [0.2, 0.25) is 10.0 Å². The minimum absolute atomic E-state index is 0.0817. The van der Waals surface area contributed by atoms with Gasteiger partial charge in [0.05, 0.1) is 4.90 Å². The molecule has 2 rings (SSSR count). The fourth-order valence-corrected chi connectivity index (χ4v) is 6.01. The predicted molar refractivity (Wildman–Crippen MR) is 91.6 cm³/mol. The van der Waals surface area contributed by atoms with E-state index in [0.29, 0.717) is 22.7 Å². The summed E-state index contributed by atoms with van der Waals surface area (Å²) < 4.78 is 28.0. The average Bonchev–Trinajstić information content (AvgIpc) is 3.04. The number of rotatable bonds is 7. The topological polar surface area (TPSA) is 58.2 Å². The average molecular weight is 349 g/mol. The molecule has 0 bridgehead atoms. The van der Waals surface area contributed by atoms with Gasteiger partial charge < -0.3 is 5.32 Å². The summed E-state index contributed by atoms with van der Waals surface area (Å²) in [6.45, 7) is 4.71. The van der Waals surface area contributed by atoms with Crippen LogP contribution in [0.15, 0.2) is 16.3 Å². The number of hydrogen-bond donors (Lipinski definition) is 2. The third kappa shape index (κ3) is 4.69.